The maximum absolute atomic E-state index is 13.7. The molecule has 0 aliphatic carbocycles. The number of nitrogens with zero attached hydrogens (tertiary/aromatic N) is 6. The minimum Gasteiger partial charge on any atom is -0.446 e. The van der Waals surface area contributed by atoms with Gasteiger partial charge in [0.1, 0.15) is 64.5 Å². The average molecular weight is 1910 g/mol. The number of rotatable bonds is 91. The third-order valence-electron chi connectivity index (χ3n) is 16.1. The molecule has 46 nitrogen and oxygen atoms in total. The topological polar surface area (TPSA) is 596 Å². The molecule has 0 rings (SSSR count). The maximum atomic E-state index is 13.7. The highest BCUT2D eigenvalue weighted by molar-refractivity contribution is 8.00. The highest BCUT2D eigenvalue weighted by atomic mass is 32.2. The van der Waals surface area contributed by atoms with E-state index in [9.17, 15) is 67.1 Å². The van der Waals surface area contributed by atoms with E-state index in [1.807, 2.05) is 0 Å². The van der Waals surface area contributed by atoms with Crippen molar-refractivity contribution in [2.45, 2.75) is 103 Å². The highest BCUT2D eigenvalue weighted by Crippen LogP contribution is 2.08. The molecular weight excluding hydrogens is 1770 g/mol. The Morgan fingerprint density at radius 2 is 0.508 bits per heavy atom. The Balaban J connectivity index is 5.47. The number of oxime groups is 4. The summed E-state index contributed by atoms with van der Waals surface area (Å²) in [5.41, 5.74) is 3.26. The zero-order valence-electron chi connectivity index (χ0n) is 76.1. The van der Waals surface area contributed by atoms with Crippen molar-refractivity contribution in [3.05, 3.63) is 0 Å². The molecule has 0 spiro atoms. The van der Waals surface area contributed by atoms with Gasteiger partial charge in [-0.05, 0) is 51.4 Å². The fourth-order valence-corrected chi connectivity index (χ4v) is 12.3. The monoisotopic (exact) mass is 1910 g/mol. The van der Waals surface area contributed by atoms with Crippen molar-refractivity contribution in [2.24, 2.45) is 32.1 Å². The van der Waals surface area contributed by atoms with Crippen LogP contribution in [-0.4, -0.2) is 402 Å². The number of nitrogens with two attached hydrogens (primary N) is 2. The van der Waals surface area contributed by atoms with Crippen LogP contribution in [-0.2, 0) is 124 Å². The largest absolute Gasteiger partial charge is 0.446 e. The Morgan fingerprint density at radius 1 is 0.281 bits per heavy atom. The van der Waals surface area contributed by atoms with Gasteiger partial charge in [-0.3, -0.25) is 57.5 Å². The molecule has 0 saturated heterocycles. The van der Waals surface area contributed by atoms with Gasteiger partial charge in [0.15, 0.2) is 2.82 Å². The van der Waals surface area contributed by atoms with Crippen LogP contribution >= 0.6 is 47.0 Å². The summed E-state index contributed by atoms with van der Waals surface area (Å²) >= 11 is 5.68. The van der Waals surface area contributed by atoms with Gasteiger partial charge in [-0.2, -0.15) is 0 Å². The van der Waals surface area contributed by atoms with E-state index in [1.54, 1.807) is 11.5 Å². The van der Waals surface area contributed by atoms with Crippen molar-refractivity contribution in [3.63, 3.8) is 0 Å². The summed E-state index contributed by atoms with van der Waals surface area (Å²) in [6.07, 6.45) is 10.1. The molecule has 734 valence electrons. The van der Waals surface area contributed by atoms with Crippen LogP contribution in [0.15, 0.2) is 20.6 Å². The predicted octanol–water partition coefficient (Wildman–Crippen LogP) is -1.43. The lowest BCUT2D eigenvalue weighted by atomic mass is 10.2. The Kier molecular flexibility index (Phi) is 82.3. The van der Waals surface area contributed by atoms with Crippen molar-refractivity contribution in [2.75, 3.05) is 284 Å². The molecule has 0 aromatic carbocycles. The Morgan fingerprint density at radius 3 is 0.750 bits per heavy atom. The standard InChI is InChI=1S/C78H140N18O28S4/c1-81-71(103)59-93-123-47-41-113-33-37-117-51-55-127-63-75(107)85-21-13-5-9-17-69(101)89-25-29-96(30-26-90-70(102)18-10-6-14-22-86-76(108)64-128-56-52-118-38-34-114-42-48-124-94-60-72(104)82-2)78(110)120-44-43-119-77(109)95(27-23-87-67(99)15-7-3-11-19-83-73(105)61-125-53-49-115-35-31-111-39-45-121-91-57-65(79)97)28-24-88-68(100)16-8-4-12-20-84-74(106)62-126-54-50-116-36-32-112-40-46-122-92-58-66(80)98/h57-60H,3-56,61-64H2,1-2H3,(H2,79,97)(H2,80,98)(H,81,103)(H,82,104)(H,83,105)(H,84,106)(H,85,107)(H,86,108)(H,87,99)(H,88,100)(H,89,101)(H,90,102)/b91-57+,92-58+,93-59+,94-60?/i/hD2. The van der Waals surface area contributed by atoms with E-state index < -0.39 is 37.2 Å². The molecule has 0 aromatic heterocycles. The van der Waals surface area contributed by atoms with Crippen LogP contribution in [0.5, 0.6) is 0 Å². The summed E-state index contributed by atoms with van der Waals surface area (Å²) in [7, 11) is 2.95. The van der Waals surface area contributed by atoms with Crippen LogP contribution in [0.3, 0.4) is 0 Å². The number of nitrogens with one attached hydrogen (secondary N) is 10. The van der Waals surface area contributed by atoms with E-state index in [0.29, 0.717) is 206 Å². The van der Waals surface area contributed by atoms with Gasteiger partial charge in [-0.15, -0.1) is 47.0 Å². The summed E-state index contributed by atoms with van der Waals surface area (Å²) in [6, 6.07) is 0. The van der Waals surface area contributed by atoms with Gasteiger partial charge in [0, 0.05) is 141 Å². The summed E-state index contributed by atoms with van der Waals surface area (Å²) in [4.78, 5) is 195. The fraction of sp³-hybridized carbons (Fsp3) is 0.769. The number of carbonyl (C=O) groups excluding carboxylic acids is 14. The number of amides is 14. The Bertz CT molecular complexity index is 2770. The molecule has 14 amide bonds. The molecule has 0 aliphatic rings. The summed E-state index contributed by atoms with van der Waals surface area (Å²) in [5.74, 6) is -0.414. The first-order valence-electron chi connectivity index (χ1n) is 43.7. The van der Waals surface area contributed by atoms with Crippen LogP contribution < -0.4 is 64.6 Å². The molecule has 0 saturated carbocycles. The van der Waals surface area contributed by atoms with Gasteiger partial charge in [-0.25, -0.2) is 9.59 Å². The number of carbonyl (C=O) groups is 14. The second kappa shape index (κ2) is 91.5. The third kappa shape index (κ3) is 87.8. The van der Waals surface area contributed by atoms with Crippen molar-refractivity contribution < 1.29 is 137 Å². The van der Waals surface area contributed by atoms with Gasteiger partial charge in [0.25, 0.3) is 23.6 Å². The van der Waals surface area contributed by atoms with Gasteiger partial charge in [0.05, 0.1) is 129 Å². The van der Waals surface area contributed by atoms with Crippen molar-refractivity contribution >= 4 is 155 Å². The lowest BCUT2D eigenvalue weighted by Gasteiger charge is -2.24. The fourth-order valence-electron chi connectivity index (χ4n) is 9.65. The first-order chi connectivity index (χ1) is 63.3. The molecule has 0 atom stereocenters. The summed E-state index contributed by atoms with van der Waals surface area (Å²) in [6.45, 7) is 6.92. The molecular formula is C78H140N18O28S4. The minimum atomic E-state index is -0.825. The SMILES string of the molecule is [2H]NC(=O)/C=N/OCCOCCOCCSCC(=O)NCCCCCC(=O)NCCN(CCNC(=O)CCCCCNC(=O)CSCCOCCOCCO/N=C/C(=O)N[2H])C(=O)OCCOC(=O)N(CCNC(=O)CCCCCNC(=O)CSCCOCCOCCON=CC(=O)NC)CCNC(=O)CCCCCNC(=O)CSCCOCCOCCO/N=C/C(=O)NC. The summed E-state index contributed by atoms with van der Waals surface area (Å²) in [5, 5.41) is 41.3. The van der Waals surface area contributed by atoms with Crippen molar-refractivity contribution in [1.29, 1.82) is 0 Å². The molecule has 14 N–H and O–H groups in total. The number of primary amides is 2. The second-order valence-electron chi connectivity index (χ2n) is 26.6. The zero-order chi connectivity index (χ0) is 95.1. The summed E-state index contributed by atoms with van der Waals surface area (Å²) < 4.78 is 68.0. The van der Waals surface area contributed by atoms with Crippen LogP contribution in [0.4, 0.5) is 9.59 Å². The number of hydrogen-bond acceptors (Lipinski definition) is 36. The predicted molar refractivity (Wildman–Crippen MR) is 484 cm³/mol. The van der Waals surface area contributed by atoms with Crippen LogP contribution in [0.1, 0.15) is 103 Å². The van der Waals surface area contributed by atoms with E-state index in [0.717, 1.165) is 24.9 Å². The van der Waals surface area contributed by atoms with Crippen LogP contribution in [0.2, 0.25) is 2.82 Å². The van der Waals surface area contributed by atoms with E-state index in [4.69, 9.17) is 69.5 Å². The molecule has 0 unspecified atom stereocenters. The van der Waals surface area contributed by atoms with E-state index in [2.05, 4.69) is 73.8 Å². The third-order valence-corrected chi connectivity index (χ3v) is 19.8. The van der Waals surface area contributed by atoms with Gasteiger partial charge in [0.2, 0.25) is 47.3 Å². The first-order valence-corrected chi connectivity index (χ1v) is 47.3. The van der Waals surface area contributed by atoms with E-state index in [1.165, 1.54) is 70.9 Å². The van der Waals surface area contributed by atoms with Gasteiger partial charge in [-0.1, -0.05) is 46.3 Å². The number of hydrogen-bond donors (Lipinski definition) is 12. The first kappa shape index (κ1) is 115. The number of thioether (sulfide) groups is 4. The average Bonchev–Trinajstić information content (AvgIpc) is 0.924. The van der Waals surface area contributed by atoms with Crippen molar-refractivity contribution in [3.8, 4) is 0 Å². The van der Waals surface area contributed by atoms with Crippen LogP contribution in [0.25, 0.3) is 0 Å². The van der Waals surface area contributed by atoms with E-state index >= 15 is 0 Å². The lowest BCUT2D eigenvalue weighted by molar-refractivity contribution is -0.122. The molecule has 0 aliphatic heterocycles. The molecule has 0 radical (unpaired) electrons. The maximum Gasteiger partial charge on any atom is 0.410 e. The molecule has 50 heteroatoms. The molecule has 0 aromatic rings. The van der Waals surface area contributed by atoms with E-state index in [-0.39, 0.29) is 213 Å². The second-order valence-corrected chi connectivity index (χ2v) is 31.0. The molecule has 0 fully saturated rings. The molecule has 128 heavy (non-hydrogen) atoms. The Labute approximate surface area is 769 Å². The normalized spacial score (nSPS) is 11.3. The Hall–Kier alpha value is -8.86. The number of unbranched alkanes of at least 4 members (excludes halogenated alkanes) is 8. The molecule has 0 bridgehead atoms. The number of ether oxygens (including phenoxy) is 10. The van der Waals surface area contributed by atoms with Gasteiger partial charge < -0.3 is 141 Å². The van der Waals surface area contributed by atoms with Gasteiger partial charge >= 0.3 is 12.2 Å². The molecule has 0 heterocycles. The van der Waals surface area contributed by atoms with Crippen molar-refractivity contribution in [1.82, 2.24) is 63.0 Å². The quantitative estimate of drug-likeness (QED) is 0.0189. The lowest BCUT2D eigenvalue weighted by Crippen LogP contribution is -2.44. The highest BCUT2D eigenvalue weighted by Gasteiger charge is 2.20. The smallest absolute Gasteiger partial charge is 0.410 e. The minimum absolute atomic E-state index is 0.0159. The zero-order valence-corrected chi connectivity index (χ0v) is 77.3. The van der Waals surface area contributed by atoms with Crippen LogP contribution in [0, 0.1) is 0 Å².